The normalized spacial score (nSPS) is 16.7. The highest BCUT2D eigenvalue weighted by atomic mass is 35.5. The van der Waals surface area contributed by atoms with Gasteiger partial charge in [-0.2, -0.15) is 0 Å². The molecule has 1 unspecified atom stereocenters. The van der Waals surface area contributed by atoms with Crippen LogP contribution in [0, 0.1) is 5.92 Å². The van der Waals surface area contributed by atoms with Gasteiger partial charge in [-0.05, 0) is 25.0 Å². The number of hydrogen-bond donors (Lipinski definition) is 2. The lowest BCUT2D eigenvalue weighted by molar-refractivity contribution is -0.125. The fourth-order valence-corrected chi connectivity index (χ4v) is 2.74. The summed E-state index contributed by atoms with van der Waals surface area (Å²) in [6.45, 7) is 0.221. The highest BCUT2D eigenvalue weighted by molar-refractivity contribution is 6.42. The Labute approximate surface area is 134 Å². The van der Waals surface area contributed by atoms with Crippen molar-refractivity contribution in [2.75, 3.05) is 13.2 Å². The molecule has 1 fully saturated rings. The lowest BCUT2D eigenvalue weighted by Crippen LogP contribution is -2.37. The van der Waals surface area contributed by atoms with Crippen LogP contribution in [0.3, 0.4) is 0 Å². The van der Waals surface area contributed by atoms with Crippen molar-refractivity contribution >= 4 is 29.1 Å². The monoisotopic (exact) mass is 331 g/mol. The minimum atomic E-state index is -0.787. The van der Waals surface area contributed by atoms with Gasteiger partial charge in [0.2, 0.25) is 5.91 Å². The van der Waals surface area contributed by atoms with Crippen molar-refractivity contribution in [1.82, 2.24) is 5.32 Å². The summed E-state index contributed by atoms with van der Waals surface area (Å²) in [6.07, 6.45) is 3.31. The lowest BCUT2D eigenvalue weighted by Gasteiger charge is -2.16. The molecule has 6 heteroatoms. The van der Waals surface area contributed by atoms with Gasteiger partial charge in [-0.15, -0.1) is 0 Å². The van der Waals surface area contributed by atoms with Crippen LogP contribution in [-0.4, -0.2) is 30.3 Å². The number of nitrogens with one attached hydrogen (secondary N) is 1. The third kappa shape index (κ3) is 4.77. The maximum atomic E-state index is 11.8. The average Bonchev–Trinajstić information content (AvgIpc) is 3.00. The molecule has 0 aromatic heterocycles. The number of aliphatic hydroxyl groups excluding tert-OH is 1. The fraction of sp³-hybridized carbons (Fsp3) is 0.533. The summed E-state index contributed by atoms with van der Waals surface area (Å²) in [4.78, 5) is 11.8. The van der Waals surface area contributed by atoms with Gasteiger partial charge in [0, 0.05) is 12.5 Å². The highest BCUT2D eigenvalue weighted by Crippen LogP contribution is 2.31. The van der Waals surface area contributed by atoms with Crippen molar-refractivity contribution in [3.8, 4) is 5.75 Å². The van der Waals surface area contributed by atoms with E-state index in [-0.39, 0.29) is 25.0 Å². The Hall–Kier alpha value is -0.970. The van der Waals surface area contributed by atoms with Crippen LogP contribution in [0.25, 0.3) is 0 Å². The van der Waals surface area contributed by atoms with E-state index >= 15 is 0 Å². The molecule has 1 saturated carbocycles. The van der Waals surface area contributed by atoms with E-state index in [0.29, 0.717) is 15.8 Å². The van der Waals surface area contributed by atoms with Crippen molar-refractivity contribution < 1.29 is 14.6 Å². The van der Waals surface area contributed by atoms with E-state index in [9.17, 15) is 9.90 Å². The summed E-state index contributed by atoms with van der Waals surface area (Å²) in [5.74, 6) is 0.540. The van der Waals surface area contributed by atoms with Gasteiger partial charge in [0.05, 0.1) is 5.02 Å². The average molecular weight is 332 g/mol. The van der Waals surface area contributed by atoms with Gasteiger partial charge >= 0.3 is 0 Å². The Bertz CT molecular complexity index is 490. The molecule has 1 aromatic carbocycles. The van der Waals surface area contributed by atoms with Crippen LogP contribution < -0.4 is 10.1 Å². The molecule has 0 spiro atoms. The number of ether oxygens (including phenoxy) is 1. The number of hydrogen-bond acceptors (Lipinski definition) is 3. The highest BCUT2D eigenvalue weighted by Gasteiger charge is 2.22. The van der Waals surface area contributed by atoms with E-state index in [1.54, 1.807) is 18.2 Å². The van der Waals surface area contributed by atoms with E-state index in [1.165, 1.54) is 0 Å². The molecule has 1 amide bonds. The van der Waals surface area contributed by atoms with Crippen molar-refractivity contribution in [3.05, 3.63) is 28.2 Å². The van der Waals surface area contributed by atoms with Gasteiger partial charge in [-0.3, -0.25) is 4.79 Å². The number of amides is 1. The second-order valence-corrected chi connectivity index (χ2v) is 6.03. The molecule has 116 valence electrons. The van der Waals surface area contributed by atoms with Crippen LogP contribution in [0.15, 0.2) is 18.2 Å². The maximum absolute atomic E-state index is 11.8. The van der Waals surface area contributed by atoms with Crippen LogP contribution in [0.5, 0.6) is 5.75 Å². The molecule has 0 saturated heterocycles. The molecule has 4 nitrogen and oxygen atoms in total. The van der Waals surface area contributed by atoms with Crippen LogP contribution >= 0.6 is 23.2 Å². The van der Waals surface area contributed by atoms with E-state index < -0.39 is 6.10 Å². The Morgan fingerprint density at radius 2 is 2.10 bits per heavy atom. The first-order valence-corrected chi connectivity index (χ1v) is 7.86. The molecule has 21 heavy (non-hydrogen) atoms. The fourth-order valence-electron chi connectivity index (χ4n) is 2.39. The molecule has 0 bridgehead atoms. The quantitative estimate of drug-likeness (QED) is 0.842. The zero-order chi connectivity index (χ0) is 15.2. The third-order valence-corrected chi connectivity index (χ3v) is 4.39. The van der Waals surface area contributed by atoms with Crippen molar-refractivity contribution in [2.24, 2.45) is 5.92 Å². The van der Waals surface area contributed by atoms with Gasteiger partial charge in [0.15, 0.2) is 0 Å². The Morgan fingerprint density at radius 3 is 2.81 bits per heavy atom. The molecular formula is C15H19Cl2NO3. The molecule has 1 aliphatic rings. The second-order valence-electron chi connectivity index (χ2n) is 5.24. The van der Waals surface area contributed by atoms with E-state index in [2.05, 4.69) is 5.32 Å². The third-order valence-electron chi connectivity index (χ3n) is 3.59. The molecular weight excluding hydrogens is 313 g/mol. The Morgan fingerprint density at radius 1 is 1.38 bits per heavy atom. The maximum Gasteiger partial charge on any atom is 0.223 e. The smallest absolute Gasteiger partial charge is 0.223 e. The van der Waals surface area contributed by atoms with Crippen molar-refractivity contribution in [2.45, 2.75) is 31.8 Å². The molecule has 1 aromatic rings. The summed E-state index contributed by atoms with van der Waals surface area (Å²) in [5, 5.41) is 13.3. The molecule has 0 radical (unpaired) electrons. The number of aliphatic hydroxyl groups is 1. The molecule has 0 heterocycles. The predicted molar refractivity (Wildman–Crippen MR) is 82.9 cm³/mol. The number of carbonyl (C=O) groups excluding carboxylic acids is 1. The minimum absolute atomic E-state index is 0.0207. The van der Waals surface area contributed by atoms with Crippen molar-refractivity contribution in [3.63, 3.8) is 0 Å². The van der Waals surface area contributed by atoms with Crippen molar-refractivity contribution in [1.29, 1.82) is 0 Å². The summed E-state index contributed by atoms with van der Waals surface area (Å²) in [6, 6.07) is 5.06. The van der Waals surface area contributed by atoms with Crippen LogP contribution in [0.2, 0.25) is 10.0 Å². The Kier molecular flexibility index (Phi) is 6.15. The SMILES string of the molecule is O=C(NCC(O)COc1cccc(Cl)c1Cl)C1CCCC1. The summed E-state index contributed by atoms with van der Waals surface area (Å²) in [7, 11) is 0. The summed E-state index contributed by atoms with van der Waals surface area (Å²) in [5.41, 5.74) is 0. The van der Waals surface area contributed by atoms with Crippen LogP contribution in [0.4, 0.5) is 0 Å². The first kappa shape index (κ1) is 16.4. The lowest BCUT2D eigenvalue weighted by atomic mass is 10.1. The van der Waals surface area contributed by atoms with E-state index in [0.717, 1.165) is 25.7 Å². The van der Waals surface area contributed by atoms with Crippen LogP contribution in [-0.2, 0) is 4.79 Å². The van der Waals surface area contributed by atoms with Crippen LogP contribution in [0.1, 0.15) is 25.7 Å². The zero-order valence-corrected chi connectivity index (χ0v) is 13.2. The summed E-state index contributed by atoms with van der Waals surface area (Å²) < 4.78 is 5.42. The van der Waals surface area contributed by atoms with E-state index in [1.807, 2.05) is 0 Å². The van der Waals surface area contributed by atoms with E-state index in [4.69, 9.17) is 27.9 Å². The first-order valence-electron chi connectivity index (χ1n) is 7.10. The van der Waals surface area contributed by atoms with Gasteiger partial charge in [-0.1, -0.05) is 42.1 Å². The zero-order valence-electron chi connectivity index (χ0n) is 11.6. The Balaban J connectivity index is 1.73. The molecule has 2 rings (SSSR count). The molecule has 2 N–H and O–H groups in total. The number of carbonyl (C=O) groups is 1. The second kappa shape index (κ2) is 7.87. The van der Waals surface area contributed by atoms with Gasteiger partial charge in [0.1, 0.15) is 23.5 Å². The number of rotatable bonds is 6. The minimum Gasteiger partial charge on any atom is -0.489 e. The number of benzene rings is 1. The predicted octanol–water partition coefficient (Wildman–Crippen LogP) is 3.04. The van der Waals surface area contributed by atoms with Gasteiger partial charge in [-0.25, -0.2) is 0 Å². The standard InChI is InChI=1S/C15H19Cl2NO3/c16-12-6-3-7-13(14(12)17)21-9-11(19)8-18-15(20)10-4-1-2-5-10/h3,6-7,10-11,19H,1-2,4-5,8-9H2,(H,18,20). The summed E-state index contributed by atoms with van der Waals surface area (Å²) >= 11 is 11.9. The number of halogens is 2. The molecule has 0 aliphatic heterocycles. The first-order chi connectivity index (χ1) is 10.1. The largest absolute Gasteiger partial charge is 0.489 e. The molecule has 1 atom stereocenters. The molecule has 1 aliphatic carbocycles. The topological polar surface area (TPSA) is 58.6 Å². The van der Waals surface area contributed by atoms with Gasteiger partial charge in [0.25, 0.3) is 0 Å². The van der Waals surface area contributed by atoms with Gasteiger partial charge < -0.3 is 15.2 Å².